The minimum atomic E-state index is -3.75. The second kappa shape index (κ2) is 8.99. The Labute approximate surface area is 171 Å². The molecule has 0 aliphatic heterocycles. The van der Waals surface area contributed by atoms with Crippen molar-refractivity contribution in [1.29, 1.82) is 0 Å². The van der Waals surface area contributed by atoms with Gasteiger partial charge in [0.25, 0.3) is 11.6 Å². The first-order valence-corrected chi connectivity index (χ1v) is 9.90. The molecule has 0 fully saturated rings. The van der Waals surface area contributed by atoms with Gasteiger partial charge in [0.05, 0.1) is 26.1 Å². The Hall–Kier alpha value is -3.02. The van der Waals surface area contributed by atoms with Crippen LogP contribution in [0, 0.1) is 10.1 Å². The van der Waals surface area contributed by atoms with Crippen molar-refractivity contribution in [2.45, 2.75) is 17.9 Å². The number of hydrogen-bond donors (Lipinski definition) is 2. The molecule has 0 bridgehead atoms. The molecule has 2 aromatic rings. The minimum absolute atomic E-state index is 0.0592. The number of amides is 1. The molecule has 12 heteroatoms. The number of ether oxygens (including phenoxy) is 1. The zero-order chi connectivity index (χ0) is 21.8. The van der Waals surface area contributed by atoms with Gasteiger partial charge in [0.1, 0.15) is 0 Å². The second-order valence-electron chi connectivity index (χ2n) is 5.69. The summed E-state index contributed by atoms with van der Waals surface area (Å²) in [5.41, 5.74) is -0.203. The second-order valence-corrected chi connectivity index (χ2v) is 7.99. The first kappa shape index (κ1) is 22.3. The highest BCUT2D eigenvalue weighted by Crippen LogP contribution is 2.26. The summed E-state index contributed by atoms with van der Waals surface area (Å²) in [5.74, 6) is -1.64. The Balaban J connectivity index is 2.09. The first-order valence-electron chi connectivity index (χ1n) is 8.04. The van der Waals surface area contributed by atoms with Gasteiger partial charge in [-0.3, -0.25) is 14.9 Å². The van der Waals surface area contributed by atoms with Crippen LogP contribution in [0.1, 0.15) is 17.3 Å². The van der Waals surface area contributed by atoms with E-state index in [1.165, 1.54) is 38.2 Å². The van der Waals surface area contributed by atoms with Crippen LogP contribution in [0.15, 0.2) is 47.4 Å². The molecule has 0 aromatic heterocycles. The van der Waals surface area contributed by atoms with E-state index in [0.29, 0.717) is 0 Å². The number of nitro benzene ring substituents is 1. The van der Waals surface area contributed by atoms with Crippen molar-refractivity contribution in [3.05, 3.63) is 63.2 Å². The largest absolute Gasteiger partial charge is 0.449 e. The number of nitrogens with zero attached hydrogens (tertiary/aromatic N) is 1. The topological polar surface area (TPSA) is 145 Å². The number of benzene rings is 2. The summed E-state index contributed by atoms with van der Waals surface area (Å²) in [6.45, 7) is 1.31. The first-order chi connectivity index (χ1) is 13.5. The van der Waals surface area contributed by atoms with Gasteiger partial charge in [-0.05, 0) is 38.2 Å². The fourth-order valence-electron chi connectivity index (χ4n) is 2.14. The predicted molar refractivity (Wildman–Crippen MR) is 104 cm³/mol. The average Bonchev–Trinajstić information content (AvgIpc) is 2.69. The smallest absolute Gasteiger partial charge is 0.338 e. The van der Waals surface area contributed by atoms with Crippen molar-refractivity contribution in [3.8, 4) is 0 Å². The van der Waals surface area contributed by atoms with Gasteiger partial charge in [0.2, 0.25) is 10.0 Å². The monoisotopic (exact) mass is 441 g/mol. The maximum atomic E-state index is 12.2. The molecule has 154 valence electrons. The Morgan fingerprint density at radius 3 is 2.48 bits per heavy atom. The van der Waals surface area contributed by atoms with E-state index in [2.05, 4.69) is 10.0 Å². The maximum absolute atomic E-state index is 12.2. The number of carbonyl (C=O) groups is 2. The summed E-state index contributed by atoms with van der Waals surface area (Å²) in [6.07, 6.45) is -1.25. The Morgan fingerprint density at radius 2 is 1.90 bits per heavy atom. The summed E-state index contributed by atoms with van der Waals surface area (Å²) < 4.78 is 30.8. The van der Waals surface area contributed by atoms with Crippen molar-refractivity contribution < 1.29 is 27.7 Å². The number of nitrogens with one attached hydrogen (secondary N) is 2. The molecule has 0 saturated heterocycles. The number of halogens is 1. The van der Waals surface area contributed by atoms with Gasteiger partial charge in [-0.2, -0.15) is 0 Å². The number of esters is 1. The van der Waals surface area contributed by atoms with Crippen molar-refractivity contribution in [3.63, 3.8) is 0 Å². The molecule has 0 heterocycles. The van der Waals surface area contributed by atoms with E-state index in [0.717, 1.165) is 18.2 Å². The lowest BCUT2D eigenvalue weighted by molar-refractivity contribution is -0.384. The number of sulfonamides is 1. The molecule has 2 N–H and O–H groups in total. The summed E-state index contributed by atoms with van der Waals surface area (Å²) in [7, 11) is -2.52. The van der Waals surface area contributed by atoms with Crippen LogP contribution in [0.3, 0.4) is 0 Å². The van der Waals surface area contributed by atoms with Crippen LogP contribution < -0.4 is 10.0 Å². The Bertz CT molecular complexity index is 1070. The molecular weight excluding hydrogens is 426 g/mol. The average molecular weight is 442 g/mol. The zero-order valence-corrected chi connectivity index (χ0v) is 16.8. The maximum Gasteiger partial charge on any atom is 0.338 e. The van der Waals surface area contributed by atoms with Crippen molar-refractivity contribution >= 4 is 44.9 Å². The quantitative estimate of drug-likeness (QED) is 0.381. The van der Waals surface area contributed by atoms with Crippen molar-refractivity contribution in [2.75, 3.05) is 12.4 Å². The number of nitro groups is 1. The van der Waals surface area contributed by atoms with Gasteiger partial charge in [0.15, 0.2) is 6.10 Å². The van der Waals surface area contributed by atoms with Gasteiger partial charge >= 0.3 is 5.97 Å². The van der Waals surface area contributed by atoms with Crippen LogP contribution in [0.25, 0.3) is 0 Å². The molecule has 29 heavy (non-hydrogen) atoms. The van der Waals surface area contributed by atoms with Crippen LogP contribution in [-0.4, -0.2) is 38.4 Å². The normalized spacial score (nSPS) is 12.1. The molecule has 0 aliphatic rings. The number of anilines is 1. The molecular formula is C17H16ClN3O7S. The molecule has 2 aromatic carbocycles. The molecule has 0 saturated carbocycles. The molecule has 1 atom stereocenters. The van der Waals surface area contributed by atoms with E-state index in [4.69, 9.17) is 16.3 Å². The number of carbonyl (C=O) groups excluding carboxylic acids is 2. The molecule has 0 spiro atoms. The zero-order valence-electron chi connectivity index (χ0n) is 15.2. The van der Waals surface area contributed by atoms with Crippen LogP contribution in [0.5, 0.6) is 0 Å². The summed E-state index contributed by atoms with van der Waals surface area (Å²) >= 11 is 5.91. The third-order valence-electron chi connectivity index (χ3n) is 3.72. The summed E-state index contributed by atoms with van der Waals surface area (Å²) in [5, 5.41) is 13.1. The predicted octanol–water partition coefficient (Wildman–Crippen LogP) is 2.34. The fourth-order valence-corrected chi connectivity index (χ4v) is 3.14. The van der Waals surface area contributed by atoms with Crippen LogP contribution in [-0.2, 0) is 19.6 Å². The van der Waals surface area contributed by atoms with E-state index >= 15 is 0 Å². The summed E-state index contributed by atoms with van der Waals surface area (Å²) in [4.78, 5) is 34.4. The lowest BCUT2D eigenvalue weighted by Crippen LogP contribution is -2.30. The number of hydrogen-bond acceptors (Lipinski definition) is 7. The fraction of sp³-hybridized carbons (Fsp3) is 0.176. The van der Waals surface area contributed by atoms with E-state index in [1.54, 1.807) is 0 Å². The highest BCUT2D eigenvalue weighted by atomic mass is 35.5. The van der Waals surface area contributed by atoms with E-state index in [9.17, 15) is 28.1 Å². The highest BCUT2D eigenvalue weighted by Gasteiger charge is 2.22. The Kier molecular flexibility index (Phi) is 6.90. The van der Waals surface area contributed by atoms with Crippen LogP contribution in [0.2, 0.25) is 5.02 Å². The molecule has 1 unspecified atom stereocenters. The molecule has 0 radical (unpaired) electrons. The SMILES string of the molecule is CNS(=O)(=O)c1cccc(C(=O)OC(C)C(=O)Nc2ccc([N+](=O)[O-])cc2Cl)c1. The minimum Gasteiger partial charge on any atom is -0.449 e. The van der Waals surface area contributed by atoms with Gasteiger partial charge < -0.3 is 10.1 Å². The van der Waals surface area contributed by atoms with Gasteiger partial charge in [-0.15, -0.1) is 0 Å². The number of rotatable bonds is 7. The summed E-state index contributed by atoms with van der Waals surface area (Å²) in [6, 6.07) is 8.60. The number of non-ortho nitro benzene ring substituents is 1. The molecule has 10 nitrogen and oxygen atoms in total. The van der Waals surface area contributed by atoms with E-state index < -0.39 is 32.9 Å². The van der Waals surface area contributed by atoms with Gasteiger partial charge in [0, 0.05) is 12.1 Å². The van der Waals surface area contributed by atoms with Crippen molar-refractivity contribution in [1.82, 2.24) is 4.72 Å². The van der Waals surface area contributed by atoms with Gasteiger partial charge in [-0.25, -0.2) is 17.9 Å². The molecule has 1 amide bonds. The van der Waals surface area contributed by atoms with Crippen LogP contribution in [0.4, 0.5) is 11.4 Å². The molecule has 2 rings (SSSR count). The van der Waals surface area contributed by atoms with E-state index in [-0.39, 0.29) is 26.9 Å². The highest BCUT2D eigenvalue weighted by molar-refractivity contribution is 7.89. The third kappa shape index (κ3) is 5.50. The van der Waals surface area contributed by atoms with Gasteiger partial charge in [-0.1, -0.05) is 17.7 Å². The molecule has 0 aliphatic carbocycles. The van der Waals surface area contributed by atoms with Crippen molar-refractivity contribution in [2.24, 2.45) is 0 Å². The van der Waals surface area contributed by atoms with Crippen LogP contribution >= 0.6 is 11.6 Å². The lowest BCUT2D eigenvalue weighted by Gasteiger charge is -2.14. The Morgan fingerprint density at radius 1 is 1.21 bits per heavy atom. The lowest BCUT2D eigenvalue weighted by atomic mass is 10.2. The third-order valence-corrected chi connectivity index (χ3v) is 5.45. The van der Waals surface area contributed by atoms with E-state index in [1.807, 2.05) is 0 Å². The standard InChI is InChI=1S/C17H16ClN3O7S/c1-10(16(22)20-15-7-6-12(21(24)25)9-14(15)18)28-17(23)11-4-3-5-13(8-11)29(26,27)19-2/h3-10,19H,1-2H3,(H,20,22).